The molecule has 0 atom stereocenters. The van der Waals surface area contributed by atoms with Crippen molar-refractivity contribution in [3.05, 3.63) is 97.1 Å². The van der Waals surface area contributed by atoms with Crippen LogP contribution in [0.1, 0.15) is 0 Å². The van der Waals surface area contributed by atoms with Crippen LogP contribution >= 0.6 is 0 Å². The highest BCUT2D eigenvalue weighted by Gasteiger charge is 2.22. The van der Waals surface area contributed by atoms with Crippen molar-refractivity contribution in [2.24, 2.45) is 0 Å². The van der Waals surface area contributed by atoms with Gasteiger partial charge in [0.05, 0.1) is 65.9 Å². The predicted molar refractivity (Wildman–Crippen MR) is 92.8 cm³/mol. The number of nitrogens with zero attached hydrogens (tertiary/aromatic N) is 6. The first-order chi connectivity index (χ1) is 13.8. The highest BCUT2D eigenvalue weighted by molar-refractivity contribution is 5.53. The van der Waals surface area contributed by atoms with Gasteiger partial charge in [-0.3, -0.25) is 60.7 Å². The molecule has 2 aromatic rings. The second-order valence-electron chi connectivity index (χ2n) is 4.96. The van der Waals surface area contributed by atoms with E-state index in [0.717, 1.165) is 0 Å². The van der Waals surface area contributed by atoms with Gasteiger partial charge in [-0.15, -0.1) is 0 Å². The fourth-order valence-corrected chi connectivity index (χ4v) is 1.79. The van der Waals surface area contributed by atoms with Crippen LogP contribution in [0.25, 0.3) is 0 Å². The molecule has 0 spiro atoms. The van der Waals surface area contributed by atoms with Gasteiger partial charge in [0.1, 0.15) is 0 Å². The molecule has 18 nitrogen and oxygen atoms in total. The van der Waals surface area contributed by atoms with Crippen LogP contribution < -0.4 is 0 Å². The largest absolute Gasteiger partial charge is 0.283 e. The van der Waals surface area contributed by atoms with Crippen LogP contribution in [0.2, 0.25) is 0 Å². The van der Waals surface area contributed by atoms with Gasteiger partial charge < -0.3 is 0 Å². The number of nitro groups is 6. The summed E-state index contributed by atoms with van der Waals surface area (Å²) in [5, 5.41) is 61.9. The zero-order valence-corrected chi connectivity index (χ0v) is 14.0. The molecule has 2 rings (SSSR count). The van der Waals surface area contributed by atoms with Crippen molar-refractivity contribution < 1.29 is 29.5 Å². The lowest BCUT2D eigenvalue weighted by molar-refractivity contribution is -0.403. The van der Waals surface area contributed by atoms with Crippen molar-refractivity contribution >= 4 is 34.1 Å². The maximum absolute atomic E-state index is 10.3. The molecule has 0 heterocycles. The molecule has 30 heavy (non-hydrogen) atoms. The lowest BCUT2D eigenvalue weighted by Gasteiger charge is -1.93. The van der Waals surface area contributed by atoms with Crippen molar-refractivity contribution in [3.8, 4) is 0 Å². The van der Waals surface area contributed by atoms with Crippen LogP contribution in [0.15, 0.2) is 36.4 Å². The molecule has 0 N–H and O–H groups in total. The van der Waals surface area contributed by atoms with E-state index in [0.29, 0.717) is 36.4 Å². The number of hydrogen-bond acceptors (Lipinski definition) is 12. The summed E-state index contributed by atoms with van der Waals surface area (Å²) in [6, 6.07) is 3.96. The maximum Gasteiger partial charge on any atom is 0.283 e. The van der Waals surface area contributed by atoms with Crippen LogP contribution in [0, 0.1) is 60.7 Å². The Hall–Kier alpha value is -5.16. The van der Waals surface area contributed by atoms with E-state index >= 15 is 0 Å². The fourth-order valence-electron chi connectivity index (χ4n) is 1.79. The molecule has 0 radical (unpaired) electrons. The van der Waals surface area contributed by atoms with Gasteiger partial charge in [-0.1, -0.05) is 0 Å². The third-order valence-electron chi connectivity index (χ3n) is 3.04. The first-order valence-electron chi connectivity index (χ1n) is 7.00. The van der Waals surface area contributed by atoms with E-state index in [9.17, 15) is 60.7 Å². The average Bonchev–Trinajstić information content (AvgIpc) is 2.67. The van der Waals surface area contributed by atoms with Gasteiger partial charge >= 0.3 is 0 Å². The smallest absolute Gasteiger partial charge is 0.258 e. The van der Waals surface area contributed by atoms with E-state index in [-0.39, 0.29) is 0 Å². The van der Waals surface area contributed by atoms with Crippen LogP contribution in [-0.4, -0.2) is 29.5 Å². The van der Waals surface area contributed by atoms with Gasteiger partial charge in [0.2, 0.25) is 0 Å². The number of hydrogen-bond donors (Lipinski definition) is 0. The second-order valence-corrected chi connectivity index (χ2v) is 4.96. The second kappa shape index (κ2) is 9.16. The Kier molecular flexibility index (Phi) is 6.99. The molecule has 0 aliphatic heterocycles. The topological polar surface area (TPSA) is 259 Å². The Morgan fingerprint density at radius 1 is 0.333 bits per heavy atom. The Bertz CT molecular complexity index is 840. The van der Waals surface area contributed by atoms with Crippen LogP contribution in [-0.2, 0) is 0 Å². The molecule has 2 aromatic carbocycles. The quantitative estimate of drug-likeness (QED) is 0.476. The Labute approximate surface area is 161 Å². The van der Waals surface area contributed by atoms with E-state index < -0.39 is 63.7 Å². The van der Waals surface area contributed by atoms with Crippen LogP contribution in [0.4, 0.5) is 34.1 Å². The van der Waals surface area contributed by atoms with Crippen molar-refractivity contribution in [1.82, 2.24) is 0 Å². The third kappa shape index (κ3) is 5.94. The number of benzene rings is 2. The lowest BCUT2D eigenvalue weighted by Crippen LogP contribution is -1.96. The lowest BCUT2D eigenvalue weighted by atomic mass is 10.2. The molecule has 0 fully saturated rings. The van der Waals surface area contributed by atoms with E-state index in [1.54, 1.807) is 0 Å². The summed E-state index contributed by atoms with van der Waals surface area (Å²) in [5.41, 5.74) is -4.11. The summed E-state index contributed by atoms with van der Waals surface area (Å²) in [5.74, 6) is 0. The summed E-state index contributed by atoms with van der Waals surface area (Å²) < 4.78 is 0. The van der Waals surface area contributed by atoms with E-state index in [2.05, 4.69) is 0 Å². The highest BCUT2D eigenvalue weighted by atomic mass is 16.6. The molecule has 0 saturated carbocycles. The monoisotopic (exact) mass is 426 g/mol. The van der Waals surface area contributed by atoms with Gasteiger partial charge in [0.25, 0.3) is 34.1 Å². The number of non-ortho nitro benzene ring substituents is 6. The van der Waals surface area contributed by atoms with E-state index in [1.165, 1.54) is 0 Å². The van der Waals surface area contributed by atoms with Crippen molar-refractivity contribution in [3.63, 3.8) is 0 Å². The van der Waals surface area contributed by atoms with Gasteiger partial charge in [-0.05, 0) is 0 Å². The molecule has 0 aliphatic rings. The molecule has 0 saturated heterocycles. The summed E-state index contributed by atoms with van der Waals surface area (Å²) in [6.07, 6.45) is 0. The van der Waals surface area contributed by atoms with Crippen molar-refractivity contribution in [2.75, 3.05) is 0 Å². The SMILES string of the molecule is O=[N+]([O-])c1cc([N+](=O)[O-])cc([N+](=O)[O-])c1.O=[N+]([O-])c1cc([N+](=O)[O-])cc([N+](=O)[O-])c1. The van der Waals surface area contributed by atoms with Gasteiger partial charge in [0, 0.05) is 0 Å². The average molecular weight is 426 g/mol. The van der Waals surface area contributed by atoms with Gasteiger partial charge in [0.15, 0.2) is 0 Å². The maximum atomic E-state index is 10.3. The van der Waals surface area contributed by atoms with Crippen molar-refractivity contribution in [2.45, 2.75) is 0 Å². The number of nitro benzene ring substituents is 6. The van der Waals surface area contributed by atoms with Crippen LogP contribution in [0.5, 0.6) is 0 Å². The minimum Gasteiger partial charge on any atom is -0.258 e. The molecule has 0 aromatic heterocycles. The molecule has 0 bridgehead atoms. The number of rotatable bonds is 6. The van der Waals surface area contributed by atoms with Gasteiger partial charge in [-0.2, -0.15) is 0 Å². The van der Waals surface area contributed by atoms with Crippen molar-refractivity contribution in [1.29, 1.82) is 0 Å². The summed E-state index contributed by atoms with van der Waals surface area (Å²) >= 11 is 0. The minimum atomic E-state index is -0.931. The van der Waals surface area contributed by atoms with Crippen LogP contribution in [0.3, 0.4) is 0 Å². The first kappa shape index (κ1) is 22.9. The Morgan fingerprint density at radius 3 is 0.500 bits per heavy atom. The summed E-state index contributed by atoms with van der Waals surface area (Å²) in [4.78, 5) is 56.3. The summed E-state index contributed by atoms with van der Waals surface area (Å²) in [6.45, 7) is 0. The minimum absolute atomic E-state index is 0.660. The van der Waals surface area contributed by atoms with E-state index in [4.69, 9.17) is 0 Å². The standard InChI is InChI=1S/2C6H3N3O6/c2*10-7(11)4-1-5(8(12)13)3-6(2-4)9(14)15/h2*1-3H. The molecule has 0 amide bonds. The highest BCUT2D eigenvalue weighted by Crippen LogP contribution is 2.27. The normalized spacial score (nSPS) is 9.60. The molecule has 0 aliphatic carbocycles. The first-order valence-corrected chi connectivity index (χ1v) is 7.00. The van der Waals surface area contributed by atoms with E-state index in [1.807, 2.05) is 0 Å². The molecular formula is C12H6N6O12. The zero-order chi connectivity index (χ0) is 23.2. The predicted octanol–water partition coefficient (Wildman–Crippen LogP) is 2.82. The Morgan fingerprint density at radius 2 is 0.433 bits per heavy atom. The zero-order valence-electron chi connectivity index (χ0n) is 14.0. The summed E-state index contributed by atoms with van der Waals surface area (Å²) in [7, 11) is 0. The van der Waals surface area contributed by atoms with Gasteiger partial charge in [-0.25, -0.2) is 0 Å². The molecule has 156 valence electrons. The molecular weight excluding hydrogens is 420 g/mol. The molecule has 18 heteroatoms. The third-order valence-corrected chi connectivity index (χ3v) is 3.04. The molecule has 0 unspecified atom stereocenters. The fraction of sp³-hybridized carbons (Fsp3) is 0. The Balaban J connectivity index is 0.000000300.